The molecule has 3 aliphatic rings. The predicted molar refractivity (Wildman–Crippen MR) is 82.5 cm³/mol. The van der Waals surface area contributed by atoms with E-state index in [1.54, 1.807) is 0 Å². The number of ether oxygens (including phenoxy) is 1. The van der Waals surface area contributed by atoms with Crippen molar-refractivity contribution in [2.45, 2.75) is 56.5 Å². The molecule has 3 heterocycles. The predicted octanol–water partition coefficient (Wildman–Crippen LogP) is 1.56. The van der Waals surface area contributed by atoms with E-state index >= 15 is 0 Å². The quantitative estimate of drug-likeness (QED) is 0.872. The van der Waals surface area contributed by atoms with Crippen molar-refractivity contribution in [3.8, 4) is 0 Å². The van der Waals surface area contributed by atoms with Gasteiger partial charge in [0.05, 0.1) is 24.3 Å². The molecule has 2 saturated heterocycles. The smallest absolute Gasteiger partial charge is 0.237 e. The number of hydrogen-bond acceptors (Lipinski definition) is 3. The van der Waals surface area contributed by atoms with E-state index in [-0.39, 0.29) is 36.5 Å². The van der Waals surface area contributed by atoms with Gasteiger partial charge in [0.25, 0.3) is 0 Å². The highest BCUT2D eigenvalue weighted by Gasteiger charge is 2.42. The van der Waals surface area contributed by atoms with Crippen molar-refractivity contribution in [3.63, 3.8) is 0 Å². The Morgan fingerprint density at radius 2 is 2.05 bits per heavy atom. The molecule has 1 aromatic carbocycles. The summed E-state index contributed by atoms with van der Waals surface area (Å²) in [5.74, 6) is 0.126. The van der Waals surface area contributed by atoms with E-state index in [1.165, 1.54) is 11.1 Å². The third-order valence-electron chi connectivity index (χ3n) is 4.83. The zero-order chi connectivity index (χ0) is 13.5. The van der Waals surface area contributed by atoms with Crippen LogP contribution in [0.5, 0.6) is 0 Å². The summed E-state index contributed by atoms with van der Waals surface area (Å²) in [6.07, 6.45) is 4.65. The molecule has 114 valence electrons. The van der Waals surface area contributed by atoms with Crippen LogP contribution < -0.4 is 10.6 Å². The number of benzene rings is 1. The molecular formula is C16H21ClN2O2. The van der Waals surface area contributed by atoms with Crippen molar-refractivity contribution in [1.29, 1.82) is 0 Å². The number of fused-ring (bicyclic) bond motifs is 3. The molecule has 5 heteroatoms. The van der Waals surface area contributed by atoms with Crippen molar-refractivity contribution >= 4 is 18.3 Å². The summed E-state index contributed by atoms with van der Waals surface area (Å²) in [6.45, 7) is 0.779. The number of rotatable bonds is 2. The Morgan fingerprint density at radius 3 is 2.76 bits per heavy atom. The van der Waals surface area contributed by atoms with Gasteiger partial charge in [0.15, 0.2) is 0 Å². The van der Waals surface area contributed by atoms with Crippen molar-refractivity contribution in [2.24, 2.45) is 0 Å². The van der Waals surface area contributed by atoms with Crippen LogP contribution in [0.1, 0.15) is 30.4 Å². The molecule has 0 saturated carbocycles. The van der Waals surface area contributed by atoms with Gasteiger partial charge >= 0.3 is 0 Å². The summed E-state index contributed by atoms with van der Waals surface area (Å²) in [7, 11) is 0. The van der Waals surface area contributed by atoms with Crippen molar-refractivity contribution < 1.29 is 9.53 Å². The van der Waals surface area contributed by atoms with E-state index < -0.39 is 0 Å². The zero-order valence-electron chi connectivity index (χ0n) is 11.9. The Bertz CT molecular complexity index is 537. The lowest BCUT2D eigenvalue weighted by atomic mass is 9.93. The van der Waals surface area contributed by atoms with Gasteiger partial charge in [0.1, 0.15) is 0 Å². The second-order valence-corrected chi connectivity index (χ2v) is 6.13. The molecule has 2 N–H and O–H groups in total. The van der Waals surface area contributed by atoms with Gasteiger partial charge in [-0.05, 0) is 36.8 Å². The van der Waals surface area contributed by atoms with E-state index in [9.17, 15) is 4.79 Å². The average molecular weight is 309 g/mol. The monoisotopic (exact) mass is 308 g/mol. The number of amides is 1. The van der Waals surface area contributed by atoms with Gasteiger partial charge in [-0.2, -0.15) is 0 Å². The fourth-order valence-corrected chi connectivity index (χ4v) is 3.71. The number of carbonyl (C=O) groups is 1. The molecule has 2 fully saturated rings. The van der Waals surface area contributed by atoms with Gasteiger partial charge < -0.3 is 15.4 Å². The van der Waals surface area contributed by atoms with Crippen molar-refractivity contribution in [3.05, 3.63) is 35.4 Å². The van der Waals surface area contributed by atoms with E-state index in [0.717, 1.165) is 32.2 Å². The number of nitrogens with one attached hydrogen (secondary N) is 2. The minimum Gasteiger partial charge on any atom is -0.373 e. The highest BCUT2D eigenvalue weighted by atomic mass is 35.5. The summed E-state index contributed by atoms with van der Waals surface area (Å²) in [6, 6.07) is 8.46. The summed E-state index contributed by atoms with van der Waals surface area (Å²) < 4.78 is 5.79. The van der Waals surface area contributed by atoms with Crippen LogP contribution in [-0.4, -0.2) is 30.2 Å². The fraction of sp³-hybridized carbons (Fsp3) is 0.562. The van der Waals surface area contributed by atoms with Crippen LogP contribution in [0.15, 0.2) is 24.3 Å². The molecule has 0 aromatic heterocycles. The Labute approximate surface area is 131 Å². The zero-order valence-corrected chi connectivity index (χ0v) is 12.7. The third-order valence-corrected chi connectivity index (χ3v) is 4.83. The summed E-state index contributed by atoms with van der Waals surface area (Å²) in [5.41, 5.74) is 2.59. The fourth-order valence-electron chi connectivity index (χ4n) is 3.71. The maximum atomic E-state index is 12.4. The largest absolute Gasteiger partial charge is 0.373 e. The van der Waals surface area contributed by atoms with E-state index in [4.69, 9.17) is 4.74 Å². The van der Waals surface area contributed by atoms with Crippen LogP contribution in [0.4, 0.5) is 0 Å². The lowest BCUT2D eigenvalue weighted by Gasteiger charge is -2.28. The molecule has 21 heavy (non-hydrogen) atoms. The Kier molecular flexibility index (Phi) is 4.20. The lowest BCUT2D eigenvalue weighted by Crippen LogP contribution is -2.52. The molecule has 4 rings (SSSR count). The maximum Gasteiger partial charge on any atom is 0.237 e. The molecule has 0 aliphatic carbocycles. The Balaban J connectivity index is 0.00000132. The maximum absolute atomic E-state index is 12.4. The number of hydrogen-bond donors (Lipinski definition) is 2. The van der Waals surface area contributed by atoms with E-state index in [2.05, 4.69) is 22.8 Å². The molecule has 1 amide bonds. The Morgan fingerprint density at radius 1 is 1.24 bits per heavy atom. The topological polar surface area (TPSA) is 50.4 Å². The standard InChI is InChI=1S/C16H20N2O2.ClH/c19-16(18-13-8-12-5-6-15(13)20-12)14-7-10-3-1-2-4-11(10)9-17-14;/h1-4,12-15,17H,5-9H2,(H,18,19);1H. The minimum atomic E-state index is -0.107. The van der Waals surface area contributed by atoms with Crippen molar-refractivity contribution in [1.82, 2.24) is 10.6 Å². The van der Waals surface area contributed by atoms with Crippen LogP contribution in [-0.2, 0) is 22.5 Å². The van der Waals surface area contributed by atoms with Gasteiger partial charge in [0.2, 0.25) is 5.91 Å². The average Bonchev–Trinajstić information content (AvgIpc) is 3.09. The van der Waals surface area contributed by atoms with Gasteiger partial charge in [-0.1, -0.05) is 24.3 Å². The highest BCUT2D eigenvalue weighted by Crippen LogP contribution is 2.34. The first kappa shape index (κ1) is 14.8. The second-order valence-electron chi connectivity index (χ2n) is 6.13. The lowest BCUT2D eigenvalue weighted by molar-refractivity contribution is -0.124. The molecular weight excluding hydrogens is 288 g/mol. The molecule has 2 bridgehead atoms. The van der Waals surface area contributed by atoms with E-state index in [0.29, 0.717) is 6.10 Å². The van der Waals surface area contributed by atoms with Gasteiger partial charge in [0, 0.05) is 6.54 Å². The summed E-state index contributed by atoms with van der Waals surface area (Å²) in [4.78, 5) is 12.4. The molecule has 0 radical (unpaired) electrons. The second kappa shape index (κ2) is 5.95. The van der Waals surface area contributed by atoms with Gasteiger partial charge in [-0.3, -0.25) is 4.79 Å². The van der Waals surface area contributed by atoms with Crippen LogP contribution >= 0.6 is 12.4 Å². The molecule has 4 nitrogen and oxygen atoms in total. The molecule has 1 aromatic rings. The molecule has 4 unspecified atom stereocenters. The summed E-state index contributed by atoms with van der Waals surface area (Å²) in [5, 5.41) is 6.52. The third kappa shape index (κ3) is 2.80. The molecule has 0 spiro atoms. The normalized spacial score (nSPS) is 33.1. The first-order valence-electron chi connectivity index (χ1n) is 7.55. The number of halogens is 1. The Hall–Kier alpha value is -1.10. The van der Waals surface area contributed by atoms with Crippen molar-refractivity contribution in [2.75, 3.05) is 0 Å². The molecule has 3 aliphatic heterocycles. The van der Waals surface area contributed by atoms with Crippen LogP contribution in [0.25, 0.3) is 0 Å². The van der Waals surface area contributed by atoms with Crippen LogP contribution in [0, 0.1) is 0 Å². The first-order valence-corrected chi connectivity index (χ1v) is 7.55. The summed E-state index contributed by atoms with van der Waals surface area (Å²) >= 11 is 0. The van der Waals surface area contributed by atoms with Gasteiger partial charge in [-0.25, -0.2) is 0 Å². The SMILES string of the molecule is Cl.O=C(NC1CC2CCC1O2)C1Cc2ccccc2CN1. The van der Waals surface area contributed by atoms with Crippen LogP contribution in [0.2, 0.25) is 0 Å². The van der Waals surface area contributed by atoms with Gasteiger partial charge in [-0.15, -0.1) is 12.4 Å². The number of carbonyl (C=O) groups excluding carboxylic acids is 1. The first-order chi connectivity index (χ1) is 9.79. The minimum absolute atomic E-state index is 0. The molecule has 4 atom stereocenters. The van der Waals surface area contributed by atoms with Crippen LogP contribution in [0.3, 0.4) is 0 Å². The van der Waals surface area contributed by atoms with E-state index in [1.807, 2.05) is 12.1 Å². The highest BCUT2D eigenvalue weighted by molar-refractivity contribution is 5.85.